The van der Waals surface area contributed by atoms with Crippen LogP contribution < -0.4 is 10.8 Å². The third-order valence-corrected chi connectivity index (χ3v) is 9.09. The van der Waals surface area contributed by atoms with E-state index >= 15 is 0 Å². The Hall–Kier alpha value is -4.02. The standard InChI is InChI=1S/C25H28N2OS.C8H5NO4/c1-26-28-19-23-17-24(18-27-23)29-25(20-11-5-2-6-12-20,21-13-7-3-8-14-21)22-15-9-4-10-16-22;10-8-6-3-1-5(2-4-6)7(13-8)9(11)12/h2-16,23-24,26-27H,17-19H2,1H3;1-4,7H. The second-order valence-electron chi connectivity index (χ2n) is 10.0. The van der Waals surface area contributed by atoms with Crippen molar-refractivity contribution >= 4 is 17.7 Å². The Balaban J connectivity index is 0.000000226. The van der Waals surface area contributed by atoms with Crippen LogP contribution in [0, 0.1) is 10.1 Å². The number of carbonyl (C=O) groups is 1. The Kier molecular flexibility index (Phi) is 9.66. The van der Waals surface area contributed by atoms with Crippen molar-refractivity contribution in [1.82, 2.24) is 10.8 Å². The molecule has 2 N–H and O–H groups in total. The maximum atomic E-state index is 11.1. The molecule has 9 heteroatoms. The molecule has 8 nitrogen and oxygen atoms in total. The van der Waals surface area contributed by atoms with Crippen molar-refractivity contribution in [1.29, 1.82) is 0 Å². The van der Waals surface area contributed by atoms with E-state index in [-0.39, 0.29) is 4.75 Å². The van der Waals surface area contributed by atoms with Gasteiger partial charge < -0.3 is 14.9 Å². The van der Waals surface area contributed by atoms with E-state index in [2.05, 4.69) is 118 Å². The highest BCUT2D eigenvalue weighted by Crippen LogP contribution is 2.51. The molecule has 216 valence electrons. The van der Waals surface area contributed by atoms with Gasteiger partial charge in [0.05, 0.1) is 27.4 Å². The zero-order valence-electron chi connectivity index (χ0n) is 23.2. The van der Waals surface area contributed by atoms with E-state index in [9.17, 15) is 14.9 Å². The average molecular weight is 584 g/mol. The number of nitrogens with one attached hydrogen (secondary N) is 2. The molecule has 0 radical (unpaired) electrons. The van der Waals surface area contributed by atoms with Gasteiger partial charge in [-0.25, -0.2) is 10.3 Å². The predicted molar refractivity (Wildman–Crippen MR) is 164 cm³/mol. The van der Waals surface area contributed by atoms with Crippen LogP contribution in [-0.4, -0.2) is 42.4 Å². The van der Waals surface area contributed by atoms with Crippen LogP contribution in [0.1, 0.15) is 45.3 Å². The van der Waals surface area contributed by atoms with Crippen LogP contribution in [0.4, 0.5) is 0 Å². The number of thioether (sulfide) groups is 1. The van der Waals surface area contributed by atoms with Gasteiger partial charge in [0.2, 0.25) is 0 Å². The summed E-state index contributed by atoms with van der Waals surface area (Å²) in [6.45, 7) is 1.67. The highest BCUT2D eigenvalue weighted by molar-refractivity contribution is 8.01. The van der Waals surface area contributed by atoms with Gasteiger partial charge in [-0.1, -0.05) is 91.0 Å². The molecule has 4 aromatic carbocycles. The van der Waals surface area contributed by atoms with Gasteiger partial charge in [0.15, 0.2) is 0 Å². The minimum atomic E-state index is -1.36. The van der Waals surface area contributed by atoms with Crippen LogP contribution in [0.5, 0.6) is 0 Å². The van der Waals surface area contributed by atoms with Gasteiger partial charge in [0, 0.05) is 24.9 Å². The predicted octanol–water partition coefficient (Wildman–Crippen LogP) is 5.73. The van der Waals surface area contributed by atoms with E-state index in [0.29, 0.717) is 29.0 Å². The van der Waals surface area contributed by atoms with E-state index in [1.807, 2.05) is 7.05 Å². The van der Waals surface area contributed by atoms with Crippen LogP contribution in [0.15, 0.2) is 115 Å². The smallest absolute Gasteiger partial charge is 0.383 e. The lowest BCUT2D eigenvalue weighted by atomic mass is 9.84. The molecule has 3 aliphatic rings. The summed E-state index contributed by atoms with van der Waals surface area (Å²) in [6.07, 6.45) is -0.277. The molecule has 0 aliphatic carbocycles. The van der Waals surface area contributed by atoms with Crippen LogP contribution in [-0.2, 0) is 14.3 Å². The van der Waals surface area contributed by atoms with Crippen LogP contribution in [0.25, 0.3) is 0 Å². The van der Waals surface area contributed by atoms with Gasteiger partial charge >= 0.3 is 12.2 Å². The summed E-state index contributed by atoms with van der Waals surface area (Å²) in [7, 11) is 1.81. The first-order chi connectivity index (χ1) is 20.5. The topological polar surface area (TPSA) is 103 Å². The summed E-state index contributed by atoms with van der Waals surface area (Å²) in [5.74, 6) is -0.651. The summed E-state index contributed by atoms with van der Waals surface area (Å²) < 4.78 is 4.37. The Labute approximate surface area is 249 Å². The molecule has 0 spiro atoms. The van der Waals surface area contributed by atoms with Crippen molar-refractivity contribution in [3.05, 3.63) is 153 Å². The molecule has 0 saturated carbocycles. The fourth-order valence-electron chi connectivity index (χ4n) is 5.34. The zero-order valence-corrected chi connectivity index (χ0v) is 24.0. The number of hydroxylamine groups is 1. The van der Waals surface area contributed by atoms with Crippen molar-refractivity contribution < 1.29 is 19.3 Å². The summed E-state index contributed by atoms with van der Waals surface area (Å²) >= 11 is 2.06. The maximum Gasteiger partial charge on any atom is 0.383 e. The number of nitro groups is 1. The number of carbonyl (C=O) groups excluding carboxylic acids is 1. The van der Waals surface area contributed by atoms with E-state index in [1.165, 1.54) is 41.0 Å². The van der Waals surface area contributed by atoms with Gasteiger partial charge in [0.1, 0.15) is 0 Å². The molecule has 3 heterocycles. The minimum Gasteiger partial charge on any atom is -0.390 e. The number of nitrogens with zero attached hydrogens (tertiary/aromatic N) is 1. The molecule has 0 amide bonds. The summed E-state index contributed by atoms with van der Waals surface area (Å²) in [5.41, 5.74) is 7.47. The van der Waals surface area contributed by atoms with Crippen molar-refractivity contribution in [2.75, 3.05) is 20.2 Å². The molecule has 42 heavy (non-hydrogen) atoms. The quantitative estimate of drug-likeness (QED) is 0.112. The lowest BCUT2D eigenvalue weighted by molar-refractivity contribution is -0.574. The van der Waals surface area contributed by atoms with Gasteiger partial charge in [0.25, 0.3) is 0 Å². The second-order valence-corrected chi connectivity index (χ2v) is 11.6. The van der Waals surface area contributed by atoms with Crippen LogP contribution in [0.3, 0.4) is 0 Å². The number of hydrogen-bond donors (Lipinski definition) is 2. The number of hydrogen-bond acceptors (Lipinski definition) is 8. The zero-order chi connectivity index (χ0) is 29.4. The molecule has 2 bridgehead atoms. The van der Waals surface area contributed by atoms with E-state index < -0.39 is 17.1 Å². The molecule has 1 saturated heterocycles. The third kappa shape index (κ3) is 6.55. The van der Waals surface area contributed by atoms with Gasteiger partial charge in [-0.15, -0.1) is 11.8 Å². The second kappa shape index (κ2) is 13.8. The molecule has 3 aliphatic heterocycles. The SMILES string of the molecule is CNOCC1CC(SC(c2ccccc2)(c2ccccc2)c2ccccc2)CN1.O=C1OC([N+](=O)[O-])c2ccc1cc2. The molecule has 3 atom stereocenters. The summed E-state index contributed by atoms with van der Waals surface area (Å²) in [5, 5.41) is 14.6. The average Bonchev–Trinajstić information content (AvgIpc) is 3.35. The first-order valence-corrected chi connectivity index (χ1v) is 14.7. The molecule has 0 aromatic heterocycles. The summed E-state index contributed by atoms with van der Waals surface area (Å²) in [4.78, 5) is 26.4. The Morgan fingerprint density at radius 1 is 0.905 bits per heavy atom. The van der Waals surface area contributed by atoms with Crippen molar-refractivity contribution in [2.24, 2.45) is 0 Å². The van der Waals surface area contributed by atoms with Gasteiger partial charge in [-0.2, -0.15) is 0 Å². The normalized spacial score (nSPS) is 19.4. The number of esters is 1. The number of ether oxygens (including phenoxy) is 1. The lowest BCUT2D eigenvalue weighted by Crippen LogP contribution is -2.29. The van der Waals surface area contributed by atoms with Crippen LogP contribution in [0.2, 0.25) is 0 Å². The molecule has 1 fully saturated rings. The highest BCUT2D eigenvalue weighted by Gasteiger charge is 2.41. The monoisotopic (exact) mass is 583 g/mol. The van der Waals surface area contributed by atoms with E-state index in [4.69, 9.17) is 4.84 Å². The van der Waals surface area contributed by atoms with E-state index in [0.717, 1.165) is 13.0 Å². The minimum absolute atomic E-state index is 0.255. The Bertz CT molecular complexity index is 1360. The molecular formula is C33H33N3O5S. The molecule has 4 aromatic rings. The lowest BCUT2D eigenvalue weighted by Gasteiger charge is -2.37. The van der Waals surface area contributed by atoms with Crippen LogP contribution >= 0.6 is 11.8 Å². The summed E-state index contributed by atoms with van der Waals surface area (Å²) in [6, 6.07) is 39.2. The number of benzene rings is 4. The first kappa shape index (κ1) is 29.5. The molecular weight excluding hydrogens is 550 g/mol. The highest BCUT2D eigenvalue weighted by atomic mass is 32.2. The maximum absolute atomic E-state index is 11.1. The fraction of sp³-hybridized carbons (Fsp3) is 0.242. The van der Waals surface area contributed by atoms with E-state index in [1.54, 1.807) is 0 Å². The first-order valence-electron chi connectivity index (χ1n) is 13.8. The largest absolute Gasteiger partial charge is 0.390 e. The third-order valence-electron chi connectivity index (χ3n) is 7.34. The molecule has 3 unspecified atom stereocenters. The molecule has 7 rings (SSSR count). The van der Waals surface area contributed by atoms with Gasteiger partial charge in [-0.05, 0) is 47.4 Å². The van der Waals surface area contributed by atoms with Crippen molar-refractivity contribution in [2.45, 2.75) is 28.7 Å². The van der Waals surface area contributed by atoms with Gasteiger partial charge in [-0.3, -0.25) is 10.1 Å². The fourth-order valence-corrected chi connectivity index (χ4v) is 7.17. The van der Waals surface area contributed by atoms with Crippen molar-refractivity contribution in [3.63, 3.8) is 0 Å². The van der Waals surface area contributed by atoms with Crippen molar-refractivity contribution in [3.8, 4) is 0 Å². The Morgan fingerprint density at radius 3 is 1.90 bits per heavy atom. The Morgan fingerprint density at radius 2 is 1.43 bits per heavy atom. The number of fused-ring (bicyclic) bond motifs is 4. The number of rotatable bonds is 9.